The van der Waals surface area contributed by atoms with Crippen molar-refractivity contribution in [2.24, 2.45) is 5.92 Å². The average molecular weight is 326 g/mol. The average Bonchev–Trinajstić information content (AvgIpc) is 3.37. The van der Waals surface area contributed by atoms with Crippen molar-refractivity contribution < 1.29 is 4.79 Å². The lowest BCUT2D eigenvalue weighted by molar-refractivity contribution is -0.121. The molecule has 4 rings (SSSR count). The van der Waals surface area contributed by atoms with E-state index in [2.05, 4.69) is 29.7 Å². The van der Waals surface area contributed by atoms with Crippen molar-refractivity contribution in [2.75, 3.05) is 18.0 Å². The first-order valence-electron chi connectivity index (χ1n) is 8.61. The predicted molar refractivity (Wildman–Crippen MR) is 89.4 cm³/mol. The maximum absolute atomic E-state index is 11.9. The number of anilines is 1. The van der Waals surface area contributed by atoms with Gasteiger partial charge in [-0.3, -0.25) is 4.79 Å². The van der Waals surface area contributed by atoms with Gasteiger partial charge in [0.05, 0.1) is 18.4 Å². The molecule has 1 saturated carbocycles. The molecule has 24 heavy (non-hydrogen) atoms. The molecule has 0 radical (unpaired) electrons. The Labute approximate surface area is 141 Å². The van der Waals surface area contributed by atoms with Crippen molar-refractivity contribution in [1.29, 1.82) is 0 Å². The van der Waals surface area contributed by atoms with Crippen LogP contribution in [0.1, 0.15) is 30.8 Å². The van der Waals surface area contributed by atoms with Crippen LogP contribution in [0.5, 0.6) is 0 Å². The molecule has 2 aromatic rings. The summed E-state index contributed by atoms with van der Waals surface area (Å²) < 4.78 is 2.22. The number of carbonyl (C=O) groups is 1. The smallest absolute Gasteiger partial charge is 0.225 e. The molecule has 126 valence electrons. The highest BCUT2D eigenvalue weighted by atomic mass is 16.1. The number of hydrogen-bond donors (Lipinski definition) is 1. The molecule has 0 bridgehead atoms. The molecule has 2 aliphatic rings. The lowest BCUT2D eigenvalue weighted by atomic mass is 10.3. The molecular weight excluding hydrogens is 304 g/mol. The van der Waals surface area contributed by atoms with Crippen LogP contribution in [-0.2, 0) is 24.3 Å². The van der Waals surface area contributed by atoms with E-state index < -0.39 is 0 Å². The maximum Gasteiger partial charge on any atom is 0.225 e. The number of nitrogens with one attached hydrogen (secondary N) is 1. The van der Waals surface area contributed by atoms with Crippen molar-refractivity contribution in [3.8, 4) is 0 Å². The van der Waals surface area contributed by atoms with Crippen LogP contribution in [0, 0.1) is 5.92 Å². The summed E-state index contributed by atoms with van der Waals surface area (Å²) in [7, 11) is 0. The molecule has 1 amide bonds. The van der Waals surface area contributed by atoms with E-state index in [1.165, 1.54) is 12.8 Å². The van der Waals surface area contributed by atoms with Gasteiger partial charge in [-0.05, 0) is 24.8 Å². The van der Waals surface area contributed by atoms with Crippen LogP contribution < -0.4 is 10.2 Å². The fourth-order valence-electron chi connectivity index (χ4n) is 3.13. The Bertz CT molecular complexity index is 709. The van der Waals surface area contributed by atoms with Crippen LogP contribution >= 0.6 is 0 Å². The predicted octanol–water partition coefficient (Wildman–Crippen LogP) is 1.15. The summed E-state index contributed by atoms with van der Waals surface area (Å²) in [5, 5.41) is 3.03. The minimum Gasteiger partial charge on any atom is -0.350 e. The number of fused-ring (bicyclic) bond motifs is 1. The third-order valence-corrected chi connectivity index (χ3v) is 4.69. The number of rotatable bonds is 5. The second-order valence-electron chi connectivity index (χ2n) is 6.53. The molecular formula is C17H22N6O. The first-order chi connectivity index (χ1) is 11.8. The summed E-state index contributed by atoms with van der Waals surface area (Å²) >= 11 is 0. The zero-order valence-electron chi connectivity index (χ0n) is 13.7. The van der Waals surface area contributed by atoms with Gasteiger partial charge in [0.25, 0.3) is 0 Å². The SMILES string of the molecule is O=C(CC1CC1)NCc1cnc2n1CCN(c1ncccn1)CC2. The summed E-state index contributed by atoms with van der Waals surface area (Å²) in [6, 6.07) is 1.83. The van der Waals surface area contributed by atoms with E-state index in [9.17, 15) is 4.79 Å². The third-order valence-electron chi connectivity index (χ3n) is 4.69. The van der Waals surface area contributed by atoms with Crippen LogP contribution in [0.25, 0.3) is 0 Å². The van der Waals surface area contributed by atoms with E-state index >= 15 is 0 Å². The standard InChI is InChI=1S/C17H22N6O/c24-16(10-13-2-3-13)21-12-14-11-20-15-4-7-22(8-9-23(14)15)17-18-5-1-6-19-17/h1,5-6,11,13H,2-4,7-10,12H2,(H,21,24). The number of nitrogens with zero attached hydrogens (tertiary/aromatic N) is 5. The number of amides is 1. The van der Waals surface area contributed by atoms with Gasteiger partial charge >= 0.3 is 0 Å². The normalized spacial score (nSPS) is 17.2. The van der Waals surface area contributed by atoms with E-state index in [-0.39, 0.29) is 5.91 Å². The Kier molecular flexibility index (Phi) is 4.15. The van der Waals surface area contributed by atoms with E-state index in [0.29, 0.717) is 18.9 Å². The largest absolute Gasteiger partial charge is 0.350 e. The van der Waals surface area contributed by atoms with Crippen molar-refractivity contribution >= 4 is 11.9 Å². The molecule has 7 heteroatoms. The molecule has 0 aromatic carbocycles. The Morgan fingerprint density at radius 1 is 1.17 bits per heavy atom. The summed E-state index contributed by atoms with van der Waals surface area (Å²) in [4.78, 5) is 27.3. The van der Waals surface area contributed by atoms with Crippen molar-refractivity contribution in [1.82, 2.24) is 24.8 Å². The number of hydrogen-bond acceptors (Lipinski definition) is 5. The van der Waals surface area contributed by atoms with Crippen molar-refractivity contribution in [3.05, 3.63) is 36.2 Å². The lowest BCUT2D eigenvalue weighted by Gasteiger charge is -2.19. The van der Waals surface area contributed by atoms with Crippen LogP contribution in [0.2, 0.25) is 0 Å². The molecule has 3 heterocycles. The Balaban J connectivity index is 1.39. The van der Waals surface area contributed by atoms with Gasteiger partial charge in [-0.15, -0.1) is 0 Å². The fraction of sp³-hybridized carbons (Fsp3) is 0.529. The summed E-state index contributed by atoms with van der Waals surface area (Å²) in [5.41, 5.74) is 1.07. The molecule has 7 nitrogen and oxygen atoms in total. The summed E-state index contributed by atoms with van der Waals surface area (Å²) in [6.45, 7) is 3.09. The maximum atomic E-state index is 11.9. The van der Waals surface area contributed by atoms with Gasteiger partial charge in [-0.25, -0.2) is 15.0 Å². The van der Waals surface area contributed by atoms with Gasteiger partial charge in [0.1, 0.15) is 5.82 Å². The molecule has 1 fully saturated rings. The van der Waals surface area contributed by atoms with E-state index in [4.69, 9.17) is 0 Å². The van der Waals surface area contributed by atoms with Gasteiger partial charge in [-0.2, -0.15) is 0 Å². The molecule has 0 saturated heterocycles. The van der Waals surface area contributed by atoms with Crippen molar-refractivity contribution in [3.63, 3.8) is 0 Å². The first kappa shape index (κ1) is 15.1. The first-order valence-corrected chi connectivity index (χ1v) is 8.61. The minimum absolute atomic E-state index is 0.154. The molecule has 2 aromatic heterocycles. The molecule has 1 aliphatic heterocycles. The van der Waals surface area contributed by atoms with Gasteiger partial charge in [0, 0.05) is 44.9 Å². The Morgan fingerprint density at radius 3 is 2.79 bits per heavy atom. The van der Waals surface area contributed by atoms with E-state index in [0.717, 1.165) is 43.5 Å². The monoisotopic (exact) mass is 326 g/mol. The van der Waals surface area contributed by atoms with Crippen LogP contribution in [0.3, 0.4) is 0 Å². The number of carbonyl (C=O) groups excluding carboxylic acids is 1. The summed E-state index contributed by atoms with van der Waals surface area (Å²) in [6.07, 6.45) is 9.36. The Hall–Kier alpha value is -2.44. The quantitative estimate of drug-likeness (QED) is 0.892. The number of imidazole rings is 1. The minimum atomic E-state index is 0.154. The highest BCUT2D eigenvalue weighted by molar-refractivity contribution is 5.76. The Morgan fingerprint density at radius 2 is 2.00 bits per heavy atom. The van der Waals surface area contributed by atoms with Gasteiger partial charge in [0.2, 0.25) is 11.9 Å². The highest BCUT2D eigenvalue weighted by Gasteiger charge is 2.24. The molecule has 1 aliphatic carbocycles. The second kappa shape index (κ2) is 6.59. The zero-order chi connectivity index (χ0) is 16.4. The second-order valence-corrected chi connectivity index (χ2v) is 6.53. The van der Waals surface area contributed by atoms with Gasteiger partial charge < -0.3 is 14.8 Å². The molecule has 1 N–H and O–H groups in total. The van der Waals surface area contributed by atoms with Crippen LogP contribution in [0.4, 0.5) is 5.95 Å². The van der Waals surface area contributed by atoms with Crippen molar-refractivity contribution in [2.45, 2.75) is 38.8 Å². The summed E-state index contributed by atoms with van der Waals surface area (Å²) in [5.74, 6) is 2.61. The van der Waals surface area contributed by atoms with E-state index in [1.54, 1.807) is 12.4 Å². The molecule has 0 spiro atoms. The van der Waals surface area contributed by atoms with Crippen LogP contribution in [0.15, 0.2) is 24.7 Å². The van der Waals surface area contributed by atoms with E-state index in [1.807, 2.05) is 12.3 Å². The highest BCUT2D eigenvalue weighted by Crippen LogP contribution is 2.32. The third kappa shape index (κ3) is 3.39. The fourth-order valence-corrected chi connectivity index (χ4v) is 3.13. The van der Waals surface area contributed by atoms with Gasteiger partial charge in [0.15, 0.2) is 0 Å². The molecule has 0 unspecified atom stereocenters. The topological polar surface area (TPSA) is 75.9 Å². The van der Waals surface area contributed by atoms with Crippen LogP contribution in [-0.4, -0.2) is 38.5 Å². The van der Waals surface area contributed by atoms with Gasteiger partial charge in [-0.1, -0.05) is 0 Å². The lowest BCUT2D eigenvalue weighted by Crippen LogP contribution is -2.29. The molecule has 0 atom stereocenters. The zero-order valence-corrected chi connectivity index (χ0v) is 13.7. The number of aromatic nitrogens is 4.